The van der Waals surface area contributed by atoms with Gasteiger partial charge in [-0.3, -0.25) is 0 Å². The van der Waals surface area contributed by atoms with E-state index < -0.39 is 10.0 Å². The molecule has 7 heteroatoms. The lowest BCUT2D eigenvalue weighted by Crippen LogP contribution is -2.28. The van der Waals surface area contributed by atoms with Crippen LogP contribution in [0.2, 0.25) is 5.02 Å². The van der Waals surface area contributed by atoms with Crippen molar-refractivity contribution in [2.75, 3.05) is 20.3 Å². The Hall–Kier alpha value is -1.76. The Labute approximate surface area is 141 Å². The SMILES string of the molecule is COc1cccc(OCCNS(=O)(=O)c2ccc(Cl)c(C)c2)c1. The van der Waals surface area contributed by atoms with Crippen molar-refractivity contribution >= 4 is 21.6 Å². The molecule has 2 aromatic carbocycles. The standard InChI is InChI=1S/C16H18ClNO4S/c1-12-10-15(6-7-16(12)17)23(19,20)18-8-9-22-14-5-3-4-13(11-14)21-2/h3-7,10-11,18H,8-9H2,1-2H3. The summed E-state index contributed by atoms with van der Waals surface area (Å²) in [5, 5.41) is 0.533. The lowest BCUT2D eigenvalue weighted by atomic mass is 10.2. The fraction of sp³-hybridized carbons (Fsp3) is 0.250. The van der Waals surface area contributed by atoms with Crippen molar-refractivity contribution in [1.82, 2.24) is 4.72 Å². The normalized spacial score (nSPS) is 11.3. The van der Waals surface area contributed by atoms with E-state index in [9.17, 15) is 8.42 Å². The molecule has 1 N–H and O–H groups in total. The van der Waals surface area contributed by atoms with Gasteiger partial charge < -0.3 is 9.47 Å². The van der Waals surface area contributed by atoms with E-state index in [1.807, 2.05) is 0 Å². The third kappa shape index (κ3) is 4.86. The highest BCUT2D eigenvalue weighted by atomic mass is 35.5. The molecule has 0 aromatic heterocycles. The Morgan fingerprint density at radius 3 is 2.57 bits per heavy atom. The second-order valence-corrected chi connectivity index (χ2v) is 7.01. The topological polar surface area (TPSA) is 64.6 Å². The van der Waals surface area contributed by atoms with Gasteiger partial charge in [0.2, 0.25) is 10.0 Å². The van der Waals surface area contributed by atoms with E-state index in [0.717, 1.165) is 0 Å². The van der Waals surface area contributed by atoms with Gasteiger partial charge in [-0.25, -0.2) is 13.1 Å². The van der Waals surface area contributed by atoms with Crippen LogP contribution in [-0.4, -0.2) is 28.7 Å². The van der Waals surface area contributed by atoms with Gasteiger partial charge in [-0.05, 0) is 42.8 Å². The molecule has 0 saturated carbocycles. The molecule has 0 aliphatic heterocycles. The number of hydrogen-bond donors (Lipinski definition) is 1. The molecule has 2 aromatic rings. The Kier molecular flexibility index (Phi) is 5.87. The van der Waals surface area contributed by atoms with Crippen molar-refractivity contribution < 1.29 is 17.9 Å². The summed E-state index contributed by atoms with van der Waals surface area (Å²) < 4.78 is 37.4. The van der Waals surface area contributed by atoms with E-state index in [4.69, 9.17) is 21.1 Å². The lowest BCUT2D eigenvalue weighted by molar-refractivity contribution is 0.320. The van der Waals surface area contributed by atoms with Crippen LogP contribution in [0.5, 0.6) is 11.5 Å². The fourth-order valence-corrected chi connectivity index (χ4v) is 3.12. The second-order valence-electron chi connectivity index (χ2n) is 4.84. The number of methoxy groups -OCH3 is 1. The lowest BCUT2D eigenvalue weighted by Gasteiger charge is -2.10. The number of halogens is 1. The van der Waals surface area contributed by atoms with Gasteiger partial charge in [-0.15, -0.1) is 0 Å². The number of sulfonamides is 1. The van der Waals surface area contributed by atoms with Crippen molar-refractivity contribution in [1.29, 1.82) is 0 Å². The van der Waals surface area contributed by atoms with Gasteiger partial charge >= 0.3 is 0 Å². The molecule has 0 heterocycles. The van der Waals surface area contributed by atoms with Crippen molar-refractivity contribution in [3.05, 3.63) is 53.1 Å². The fourth-order valence-electron chi connectivity index (χ4n) is 1.90. The summed E-state index contributed by atoms with van der Waals surface area (Å²) in [7, 11) is -2.01. The molecule has 0 amide bonds. The zero-order valence-electron chi connectivity index (χ0n) is 12.9. The molecule has 2 rings (SSSR count). The van der Waals surface area contributed by atoms with E-state index in [-0.39, 0.29) is 18.0 Å². The number of nitrogens with one attached hydrogen (secondary N) is 1. The van der Waals surface area contributed by atoms with Gasteiger partial charge in [0, 0.05) is 17.6 Å². The molecule has 23 heavy (non-hydrogen) atoms. The van der Waals surface area contributed by atoms with Crippen LogP contribution in [-0.2, 0) is 10.0 Å². The van der Waals surface area contributed by atoms with Crippen LogP contribution in [0.25, 0.3) is 0 Å². The van der Waals surface area contributed by atoms with Gasteiger partial charge in [0.15, 0.2) is 0 Å². The average molecular weight is 356 g/mol. The highest BCUT2D eigenvalue weighted by Crippen LogP contribution is 2.20. The average Bonchev–Trinajstić information content (AvgIpc) is 2.54. The van der Waals surface area contributed by atoms with Gasteiger partial charge in [-0.1, -0.05) is 17.7 Å². The first-order valence-electron chi connectivity index (χ1n) is 6.95. The molecule has 0 saturated heterocycles. The Balaban J connectivity index is 1.90. The summed E-state index contributed by atoms with van der Waals surface area (Å²) in [5.41, 5.74) is 0.710. The number of hydrogen-bond acceptors (Lipinski definition) is 4. The zero-order valence-corrected chi connectivity index (χ0v) is 14.4. The highest BCUT2D eigenvalue weighted by Gasteiger charge is 2.14. The first kappa shape index (κ1) is 17.6. The minimum absolute atomic E-state index is 0.154. The summed E-state index contributed by atoms with van der Waals surface area (Å²) in [6.45, 7) is 2.12. The van der Waals surface area contributed by atoms with Crippen LogP contribution < -0.4 is 14.2 Å². The highest BCUT2D eigenvalue weighted by molar-refractivity contribution is 7.89. The minimum Gasteiger partial charge on any atom is -0.497 e. The van der Waals surface area contributed by atoms with Crippen molar-refractivity contribution in [3.63, 3.8) is 0 Å². The Bertz CT molecular complexity index is 777. The monoisotopic (exact) mass is 355 g/mol. The third-order valence-electron chi connectivity index (χ3n) is 3.14. The van der Waals surface area contributed by atoms with Gasteiger partial charge in [0.1, 0.15) is 18.1 Å². The minimum atomic E-state index is -3.58. The van der Waals surface area contributed by atoms with Gasteiger partial charge in [0.25, 0.3) is 0 Å². The molecule has 0 radical (unpaired) electrons. The molecule has 0 unspecified atom stereocenters. The summed E-state index contributed by atoms with van der Waals surface area (Å²) in [5.74, 6) is 1.30. The number of benzene rings is 2. The van der Waals surface area contributed by atoms with Crippen molar-refractivity contribution in [2.24, 2.45) is 0 Å². The van der Waals surface area contributed by atoms with Gasteiger partial charge in [-0.2, -0.15) is 0 Å². The maximum Gasteiger partial charge on any atom is 0.240 e. The predicted octanol–water partition coefficient (Wildman–Crippen LogP) is 3.01. The molecule has 124 valence electrons. The maximum atomic E-state index is 12.2. The van der Waals surface area contributed by atoms with E-state index in [2.05, 4.69) is 4.72 Å². The molecule has 5 nitrogen and oxygen atoms in total. The zero-order chi connectivity index (χ0) is 16.9. The third-order valence-corrected chi connectivity index (χ3v) is 5.03. The largest absolute Gasteiger partial charge is 0.497 e. The smallest absolute Gasteiger partial charge is 0.240 e. The Morgan fingerprint density at radius 1 is 1.13 bits per heavy atom. The predicted molar refractivity (Wildman–Crippen MR) is 89.9 cm³/mol. The van der Waals surface area contributed by atoms with Crippen LogP contribution in [0, 0.1) is 6.92 Å². The first-order valence-corrected chi connectivity index (χ1v) is 8.81. The van der Waals surface area contributed by atoms with E-state index in [0.29, 0.717) is 22.1 Å². The molecular formula is C16H18ClNO4S. The molecular weight excluding hydrogens is 338 g/mol. The van der Waals surface area contributed by atoms with Crippen LogP contribution >= 0.6 is 11.6 Å². The quantitative estimate of drug-likeness (QED) is 0.775. The number of rotatable bonds is 7. The Morgan fingerprint density at radius 2 is 1.87 bits per heavy atom. The van der Waals surface area contributed by atoms with E-state index in [1.165, 1.54) is 12.1 Å². The molecule has 0 fully saturated rings. The van der Waals surface area contributed by atoms with Crippen LogP contribution in [0.4, 0.5) is 0 Å². The summed E-state index contributed by atoms with van der Waals surface area (Å²) >= 11 is 5.90. The van der Waals surface area contributed by atoms with Crippen LogP contribution in [0.1, 0.15) is 5.56 Å². The van der Waals surface area contributed by atoms with Crippen molar-refractivity contribution in [3.8, 4) is 11.5 Å². The van der Waals surface area contributed by atoms with E-state index in [1.54, 1.807) is 44.4 Å². The van der Waals surface area contributed by atoms with Gasteiger partial charge in [0.05, 0.1) is 12.0 Å². The number of aryl methyl sites for hydroxylation is 1. The molecule has 0 spiro atoms. The summed E-state index contributed by atoms with van der Waals surface area (Å²) in [6, 6.07) is 11.7. The van der Waals surface area contributed by atoms with Crippen molar-refractivity contribution in [2.45, 2.75) is 11.8 Å². The molecule has 0 bridgehead atoms. The van der Waals surface area contributed by atoms with E-state index >= 15 is 0 Å². The molecule has 0 aliphatic rings. The molecule has 0 aliphatic carbocycles. The molecule has 0 atom stereocenters. The first-order chi connectivity index (χ1) is 10.9. The maximum absolute atomic E-state index is 12.2. The summed E-state index contributed by atoms with van der Waals surface area (Å²) in [6.07, 6.45) is 0. The second kappa shape index (κ2) is 7.68. The van der Waals surface area contributed by atoms with Crippen LogP contribution in [0.15, 0.2) is 47.4 Å². The number of ether oxygens (including phenoxy) is 2. The summed E-state index contributed by atoms with van der Waals surface area (Å²) in [4.78, 5) is 0.181. The van der Waals surface area contributed by atoms with Crippen LogP contribution in [0.3, 0.4) is 0 Å².